The fourth-order valence-electron chi connectivity index (χ4n) is 1.75. The molecule has 2 N–H and O–H groups in total. The Balaban J connectivity index is 2.16. The van der Waals surface area contributed by atoms with E-state index < -0.39 is 0 Å². The van der Waals surface area contributed by atoms with Gasteiger partial charge in [-0.3, -0.25) is 0 Å². The molecule has 0 aliphatic carbocycles. The zero-order valence-electron chi connectivity index (χ0n) is 11.5. The minimum absolute atomic E-state index is 0.370. The van der Waals surface area contributed by atoms with Gasteiger partial charge in [0.05, 0.1) is 22.8 Å². The molecule has 0 bridgehead atoms. The molecule has 0 spiro atoms. The van der Waals surface area contributed by atoms with E-state index in [0.717, 1.165) is 22.7 Å². The lowest BCUT2D eigenvalue weighted by Crippen LogP contribution is -2.02. The summed E-state index contributed by atoms with van der Waals surface area (Å²) >= 11 is 7.85. The van der Waals surface area contributed by atoms with E-state index in [1.54, 1.807) is 24.5 Å². The number of nitrogens with zero attached hydrogens (tertiary/aromatic N) is 1. The van der Waals surface area contributed by atoms with Gasteiger partial charge in [-0.1, -0.05) is 18.5 Å². The maximum Gasteiger partial charge on any atom is 0.180 e. The van der Waals surface area contributed by atoms with Crippen LogP contribution in [0.25, 0.3) is 0 Å². The number of methoxy groups -OCH3 is 1. The molecule has 0 aliphatic heterocycles. The molecule has 0 fully saturated rings. The molecular weight excluding hydrogens is 296 g/mol. The van der Waals surface area contributed by atoms with Crippen molar-refractivity contribution in [3.8, 4) is 11.5 Å². The number of aryl methyl sites for hydroxylation is 1. The highest BCUT2D eigenvalue weighted by Gasteiger charge is 2.12. The molecule has 2 rings (SSSR count). The summed E-state index contributed by atoms with van der Waals surface area (Å²) in [6.07, 6.45) is 0.930. The quantitative estimate of drug-likeness (QED) is 0.888. The Morgan fingerprint density at radius 1 is 1.40 bits per heavy atom. The zero-order valence-corrected chi connectivity index (χ0v) is 13.1. The first-order valence-corrected chi connectivity index (χ1v) is 7.56. The van der Waals surface area contributed by atoms with Crippen LogP contribution in [-0.4, -0.2) is 12.1 Å². The summed E-state index contributed by atoms with van der Waals surface area (Å²) in [7, 11) is 1.58. The third-order valence-corrected chi connectivity index (χ3v) is 4.11. The molecule has 0 atom stereocenters. The Morgan fingerprint density at radius 3 is 2.80 bits per heavy atom. The van der Waals surface area contributed by atoms with Gasteiger partial charge in [-0.2, -0.15) is 0 Å². The van der Waals surface area contributed by atoms with Gasteiger partial charge in [0.25, 0.3) is 0 Å². The molecule has 0 saturated carbocycles. The van der Waals surface area contributed by atoms with Crippen molar-refractivity contribution in [1.29, 1.82) is 0 Å². The first-order valence-electron chi connectivity index (χ1n) is 6.30. The van der Waals surface area contributed by atoms with Gasteiger partial charge in [-0.25, -0.2) is 4.98 Å². The van der Waals surface area contributed by atoms with Gasteiger partial charge in [0.1, 0.15) is 6.61 Å². The molecule has 6 heteroatoms. The van der Waals surface area contributed by atoms with Crippen LogP contribution in [0.5, 0.6) is 11.5 Å². The maximum absolute atomic E-state index is 6.21. The molecular formula is C14H17ClN2O2S. The second-order valence-corrected chi connectivity index (χ2v) is 5.54. The number of benzene rings is 1. The molecule has 4 nitrogen and oxygen atoms in total. The Morgan fingerprint density at radius 2 is 2.20 bits per heavy atom. The Hall–Kier alpha value is -1.30. The fraction of sp³-hybridized carbons (Fsp3) is 0.357. The lowest BCUT2D eigenvalue weighted by Gasteiger charge is -2.13. The van der Waals surface area contributed by atoms with Crippen molar-refractivity contribution in [2.24, 2.45) is 5.73 Å². The summed E-state index contributed by atoms with van der Waals surface area (Å²) in [6.45, 7) is 2.85. The highest BCUT2D eigenvalue weighted by atomic mass is 35.5. The van der Waals surface area contributed by atoms with E-state index in [2.05, 4.69) is 11.9 Å². The Bertz CT molecular complexity index is 587. The molecule has 20 heavy (non-hydrogen) atoms. The van der Waals surface area contributed by atoms with Crippen molar-refractivity contribution >= 4 is 22.9 Å². The highest BCUT2D eigenvalue weighted by Crippen LogP contribution is 2.36. The predicted octanol–water partition coefficient (Wildman–Crippen LogP) is 3.41. The van der Waals surface area contributed by atoms with Gasteiger partial charge in [0.2, 0.25) is 0 Å². The van der Waals surface area contributed by atoms with E-state index >= 15 is 0 Å². The van der Waals surface area contributed by atoms with Gasteiger partial charge in [-0.15, -0.1) is 11.3 Å². The third kappa shape index (κ3) is 3.42. The Kier molecular flexibility index (Phi) is 5.23. The summed E-state index contributed by atoms with van der Waals surface area (Å²) in [6, 6.07) is 3.62. The number of hydrogen-bond donors (Lipinski definition) is 1. The van der Waals surface area contributed by atoms with Crippen LogP contribution in [0.4, 0.5) is 0 Å². The molecule has 0 unspecified atom stereocenters. The summed E-state index contributed by atoms with van der Waals surface area (Å²) in [4.78, 5) is 4.45. The predicted molar refractivity (Wildman–Crippen MR) is 81.7 cm³/mol. The van der Waals surface area contributed by atoms with E-state index in [9.17, 15) is 0 Å². The maximum atomic E-state index is 6.21. The van der Waals surface area contributed by atoms with Crippen molar-refractivity contribution in [3.05, 3.63) is 38.8 Å². The normalized spacial score (nSPS) is 10.6. The van der Waals surface area contributed by atoms with Crippen LogP contribution < -0.4 is 15.2 Å². The standard InChI is InChI=1S/C14H17ClN2O2S/c1-3-13-17-10(8-20-13)7-19-14-11(15)4-9(6-16)5-12(14)18-2/h4-5,8H,3,6-7,16H2,1-2H3. The number of thiazole rings is 1. The average molecular weight is 313 g/mol. The van der Waals surface area contributed by atoms with Crippen LogP contribution in [-0.2, 0) is 19.6 Å². The van der Waals surface area contributed by atoms with E-state index in [1.807, 2.05) is 11.4 Å². The monoisotopic (exact) mass is 312 g/mol. The molecule has 2 aromatic rings. The second kappa shape index (κ2) is 6.92. The van der Waals surface area contributed by atoms with Crippen LogP contribution >= 0.6 is 22.9 Å². The van der Waals surface area contributed by atoms with Crippen LogP contribution in [0.15, 0.2) is 17.5 Å². The summed E-state index contributed by atoms with van der Waals surface area (Å²) in [5.41, 5.74) is 7.41. The van der Waals surface area contributed by atoms with Crippen LogP contribution in [0.3, 0.4) is 0 Å². The Labute approximate surface area is 127 Å². The fourth-order valence-corrected chi connectivity index (χ4v) is 2.77. The lowest BCUT2D eigenvalue weighted by atomic mass is 10.2. The lowest BCUT2D eigenvalue weighted by molar-refractivity contribution is 0.281. The smallest absolute Gasteiger partial charge is 0.180 e. The zero-order chi connectivity index (χ0) is 14.5. The molecule has 1 aromatic carbocycles. The molecule has 1 aromatic heterocycles. The number of rotatable bonds is 6. The van der Waals surface area contributed by atoms with Crippen molar-refractivity contribution in [1.82, 2.24) is 4.98 Å². The number of halogens is 1. The largest absolute Gasteiger partial charge is 0.493 e. The summed E-state index contributed by atoms with van der Waals surface area (Å²) < 4.78 is 11.0. The van der Waals surface area contributed by atoms with Crippen LogP contribution in [0, 0.1) is 0 Å². The third-order valence-electron chi connectivity index (χ3n) is 2.79. The molecule has 1 heterocycles. The van der Waals surface area contributed by atoms with Gasteiger partial charge in [0.15, 0.2) is 11.5 Å². The van der Waals surface area contributed by atoms with Crippen LogP contribution in [0.1, 0.15) is 23.2 Å². The number of aromatic nitrogens is 1. The minimum atomic E-state index is 0.370. The summed E-state index contributed by atoms with van der Waals surface area (Å²) in [5, 5.41) is 3.59. The van der Waals surface area contributed by atoms with Crippen LogP contribution in [0.2, 0.25) is 5.02 Å². The highest BCUT2D eigenvalue weighted by molar-refractivity contribution is 7.09. The topological polar surface area (TPSA) is 57.4 Å². The number of nitrogens with two attached hydrogens (primary N) is 1. The SMILES string of the molecule is CCc1nc(COc2c(Cl)cc(CN)cc2OC)cs1. The number of ether oxygens (including phenoxy) is 2. The van der Waals surface area contributed by atoms with E-state index in [1.165, 1.54) is 0 Å². The first kappa shape index (κ1) is 15.1. The average Bonchev–Trinajstić information content (AvgIpc) is 2.93. The number of hydrogen-bond acceptors (Lipinski definition) is 5. The summed E-state index contributed by atoms with van der Waals surface area (Å²) in [5.74, 6) is 1.11. The van der Waals surface area contributed by atoms with Crippen molar-refractivity contribution in [2.75, 3.05) is 7.11 Å². The molecule has 0 saturated heterocycles. The molecule has 0 radical (unpaired) electrons. The second-order valence-electron chi connectivity index (χ2n) is 4.19. The van der Waals surface area contributed by atoms with Gasteiger partial charge in [0, 0.05) is 11.9 Å². The first-order chi connectivity index (χ1) is 9.67. The molecule has 0 amide bonds. The van der Waals surface area contributed by atoms with Gasteiger partial charge in [-0.05, 0) is 24.1 Å². The van der Waals surface area contributed by atoms with E-state index in [-0.39, 0.29) is 0 Å². The molecule has 108 valence electrons. The minimum Gasteiger partial charge on any atom is -0.493 e. The van der Waals surface area contributed by atoms with Crippen molar-refractivity contribution in [2.45, 2.75) is 26.5 Å². The van der Waals surface area contributed by atoms with Gasteiger partial charge < -0.3 is 15.2 Å². The van der Waals surface area contributed by atoms with Crippen molar-refractivity contribution in [3.63, 3.8) is 0 Å². The van der Waals surface area contributed by atoms with Crippen molar-refractivity contribution < 1.29 is 9.47 Å². The molecule has 0 aliphatic rings. The van der Waals surface area contributed by atoms with E-state index in [4.69, 9.17) is 26.8 Å². The van der Waals surface area contributed by atoms with E-state index in [0.29, 0.717) is 29.7 Å². The van der Waals surface area contributed by atoms with Gasteiger partial charge >= 0.3 is 0 Å².